The second-order valence-electron chi connectivity index (χ2n) is 7.58. The number of fused-ring (bicyclic) bond motifs is 5. The normalized spacial score (nSPS) is 12.5. The third-order valence-electron chi connectivity index (χ3n) is 5.77. The largest absolute Gasteiger partial charge is 0.317 e. The predicted octanol–water partition coefficient (Wildman–Crippen LogP) is 7.65. The standard InChI is InChI=1S/C28H24N2/c1-4-6-9-21(5-2)29-19-18-25-26(29)17-16-24-23-10-7-8-11-27(23)30(28(24)25)22-14-12-20(3)13-15-22/h4-19H,1H2,2-3H3/b9-6-,21-5+. The fraction of sp³-hybridized carbons (Fsp3) is 0.0714. The van der Waals surface area contributed by atoms with Gasteiger partial charge >= 0.3 is 0 Å². The average molecular weight is 389 g/mol. The Labute approximate surface area is 176 Å². The molecule has 2 aromatic heterocycles. The Balaban J connectivity index is 1.90. The van der Waals surface area contributed by atoms with Gasteiger partial charge in [-0.05, 0) is 50.3 Å². The highest BCUT2D eigenvalue weighted by molar-refractivity contribution is 6.18. The number of benzene rings is 3. The first-order valence-electron chi connectivity index (χ1n) is 10.3. The number of aryl methyl sites for hydroxylation is 1. The minimum atomic E-state index is 1.13. The molecule has 2 heterocycles. The van der Waals surface area contributed by atoms with Crippen LogP contribution in [0.3, 0.4) is 0 Å². The Morgan fingerprint density at radius 1 is 0.833 bits per heavy atom. The van der Waals surface area contributed by atoms with Gasteiger partial charge in [-0.2, -0.15) is 0 Å². The molecule has 0 spiro atoms. The van der Waals surface area contributed by atoms with Gasteiger partial charge in [0.05, 0.1) is 16.6 Å². The van der Waals surface area contributed by atoms with Crippen molar-refractivity contribution in [3.05, 3.63) is 109 Å². The molecule has 0 saturated heterocycles. The Morgan fingerprint density at radius 3 is 2.40 bits per heavy atom. The van der Waals surface area contributed by atoms with Crippen LogP contribution >= 0.6 is 0 Å². The molecule has 0 aliphatic heterocycles. The van der Waals surface area contributed by atoms with Crippen molar-refractivity contribution in [2.24, 2.45) is 0 Å². The summed E-state index contributed by atoms with van der Waals surface area (Å²) in [6, 6.07) is 24.2. The van der Waals surface area contributed by atoms with Gasteiger partial charge in [-0.15, -0.1) is 0 Å². The minimum Gasteiger partial charge on any atom is -0.317 e. The highest BCUT2D eigenvalue weighted by atomic mass is 15.0. The van der Waals surface area contributed by atoms with Gasteiger partial charge in [-0.1, -0.05) is 66.8 Å². The van der Waals surface area contributed by atoms with Gasteiger partial charge in [-0.25, -0.2) is 0 Å². The molecule has 2 heteroatoms. The third kappa shape index (κ3) is 2.73. The molecule has 5 rings (SSSR count). The van der Waals surface area contributed by atoms with Crippen molar-refractivity contribution in [2.45, 2.75) is 13.8 Å². The third-order valence-corrected chi connectivity index (χ3v) is 5.77. The fourth-order valence-corrected chi connectivity index (χ4v) is 4.35. The predicted molar refractivity (Wildman–Crippen MR) is 130 cm³/mol. The van der Waals surface area contributed by atoms with Crippen LogP contribution in [0.15, 0.2) is 104 Å². The molecule has 0 N–H and O–H groups in total. The average Bonchev–Trinajstić information content (AvgIpc) is 3.34. The van der Waals surface area contributed by atoms with E-state index >= 15 is 0 Å². The summed E-state index contributed by atoms with van der Waals surface area (Å²) < 4.78 is 4.64. The quantitative estimate of drug-likeness (QED) is 0.280. The first-order chi connectivity index (χ1) is 14.7. The maximum atomic E-state index is 3.80. The lowest BCUT2D eigenvalue weighted by molar-refractivity contribution is 1.17. The van der Waals surface area contributed by atoms with Crippen LogP contribution in [-0.2, 0) is 0 Å². The Morgan fingerprint density at radius 2 is 1.63 bits per heavy atom. The molecule has 0 aliphatic carbocycles. The smallest absolute Gasteiger partial charge is 0.0635 e. The van der Waals surface area contributed by atoms with Gasteiger partial charge in [0.1, 0.15) is 0 Å². The molecule has 5 aromatic rings. The summed E-state index contributed by atoms with van der Waals surface area (Å²) in [5, 5.41) is 3.80. The van der Waals surface area contributed by atoms with Crippen LogP contribution in [0, 0.1) is 6.92 Å². The summed E-state index contributed by atoms with van der Waals surface area (Å²) in [6.45, 7) is 7.99. The van der Waals surface area contributed by atoms with E-state index in [0.717, 1.165) is 5.70 Å². The lowest BCUT2D eigenvalue weighted by Gasteiger charge is -2.10. The Hall–Kier alpha value is -3.78. The number of aromatic nitrogens is 2. The van der Waals surface area contributed by atoms with Crippen molar-refractivity contribution >= 4 is 38.4 Å². The van der Waals surface area contributed by atoms with Crippen molar-refractivity contribution in [1.82, 2.24) is 9.13 Å². The maximum absolute atomic E-state index is 3.80. The van der Waals surface area contributed by atoms with E-state index in [9.17, 15) is 0 Å². The Bertz CT molecular complexity index is 1450. The molecule has 3 aromatic carbocycles. The molecule has 0 unspecified atom stereocenters. The summed E-state index contributed by atoms with van der Waals surface area (Å²) in [6.07, 6.45) is 10.2. The van der Waals surface area contributed by atoms with Gasteiger partial charge in [0, 0.05) is 33.7 Å². The molecule has 0 atom stereocenters. The lowest BCUT2D eigenvalue weighted by atomic mass is 10.1. The molecular formula is C28H24N2. The second kappa shape index (κ2) is 7.23. The first-order valence-corrected chi connectivity index (χ1v) is 10.3. The van der Waals surface area contributed by atoms with Crippen LogP contribution in [0.5, 0.6) is 0 Å². The van der Waals surface area contributed by atoms with Crippen molar-refractivity contribution in [1.29, 1.82) is 0 Å². The van der Waals surface area contributed by atoms with Crippen molar-refractivity contribution in [3.63, 3.8) is 0 Å². The summed E-state index contributed by atoms with van der Waals surface area (Å²) in [4.78, 5) is 0. The molecule has 0 amide bonds. The van der Waals surface area contributed by atoms with E-state index in [1.54, 1.807) is 0 Å². The van der Waals surface area contributed by atoms with E-state index in [2.05, 4.69) is 115 Å². The van der Waals surface area contributed by atoms with Crippen LogP contribution in [0.2, 0.25) is 0 Å². The van der Waals surface area contributed by atoms with Crippen LogP contribution in [-0.4, -0.2) is 9.13 Å². The van der Waals surface area contributed by atoms with E-state index in [4.69, 9.17) is 0 Å². The number of nitrogens with zero attached hydrogens (tertiary/aromatic N) is 2. The van der Waals surface area contributed by atoms with E-state index < -0.39 is 0 Å². The van der Waals surface area contributed by atoms with E-state index in [-0.39, 0.29) is 0 Å². The topological polar surface area (TPSA) is 9.86 Å². The number of rotatable bonds is 4. The van der Waals surface area contributed by atoms with Crippen molar-refractivity contribution in [2.75, 3.05) is 0 Å². The first kappa shape index (κ1) is 18.3. The van der Waals surface area contributed by atoms with Crippen LogP contribution in [0.1, 0.15) is 12.5 Å². The van der Waals surface area contributed by atoms with Crippen molar-refractivity contribution < 1.29 is 0 Å². The summed E-state index contributed by atoms with van der Waals surface area (Å²) in [5.74, 6) is 0. The van der Waals surface area contributed by atoms with E-state index in [1.165, 1.54) is 44.0 Å². The van der Waals surface area contributed by atoms with Gasteiger partial charge < -0.3 is 9.13 Å². The molecule has 2 nitrogen and oxygen atoms in total. The number of hydrogen-bond acceptors (Lipinski definition) is 0. The van der Waals surface area contributed by atoms with Gasteiger partial charge in [0.2, 0.25) is 0 Å². The summed E-state index contributed by atoms with van der Waals surface area (Å²) in [5.41, 5.74) is 7.25. The molecule has 0 fully saturated rings. The highest BCUT2D eigenvalue weighted by Gasteiger charge is 2.16. The zero-order valence-corrected chi connectivity index (χ0v) is 17.3. The molecule has 30 heavy (non-hydrogen) atoms. The molecular weight excluding hydrogens is 364 g/mol. The number of para-hydroxylation sites is 1. The monoisotopic (exact) mass is 388 g/mol. The number of hydrogen-bond donors (Lipinski definition) is 0. The zero-order valence-electron chi connectivity index (χ0n) is 17.3. The molecule has 0 bridgehead atoms. The fourth-order valence-electron chi connectivity index (χ4n) is 4.35. The molecule has 146 valence electrons. The molecule has 0 saturated carbocycles. The maximum Gasteiger partial charge on any atom is 0.0635 e. The van der Waals surface area contributed by atoms with Gasteiger partial charge in [-0.3, -0.25) is 0 Å². The zero-order chi connectivity index (χ0) is 20.7. The van der Waals surface area contributed by atoms with Crippen molar-refractivity contribution in [3.8, 4) is 5.69 Å². The summed E-state index contributed by atoms with van der Waals surface area (Å²) in [7, 11) is 0. The molecule has 0 radical (unpaired) electrons. The summed E-state index contributed by atoms with van der Waals surface area (Å²) >= 11 is 0. The minimum absolute atomic E-state index is 1.13. The lowest BCUT2D eigenvalue weighted by Crippen LogP contribution is -1.95. The van der Waals surface area contributed by atoms with Crippen LogP contribution in [0.25, 0.3) is 44.1 Å². The second-order valence-corrected chi connectivity index (χ2v) is 7.58. The van der Waals surface area contributed by atoms with Crippen LogP contribution in [0.4, 0.5) is 0 Å². The van der Waals surface area contributed by atoms with E-state index in [0.29, 0.717) is 0 Å². The SMILES string of the molecule is C=C/C=C\C(=C/C)n1ccc2c1ccc1c3ccccc3n(-c3ccc(C)cc3)c12. The van der Waals surface area contributed by atoms with Crippen LogP contribution < -0.4 is 0 Å². The molecule has 0 aliphatic rings. The van der Waals surface area contributed by atoms with Gasteiger partial charge in [0.15, 0.2) is 0 Å². The highest BCUT2D eigenvalue weighted by Crippen LogP contribution is 2.37. The van der Waals surface area contributed by atoms with E-state index in [1.807, 2.05) is 12.2 Å². The number of allylic oxidation sites excluding steroid dienone is 5. The Kier molecular flexibility index (Phi) is 4.40. The van der Waals surface area contributed by atoms with Gasteiger partial charge in [0.25, 0.3) is 0 Å².